The highest BCUT2D eigenvalue weighted by Crippen LogP contribution is 2.63. The van der Waals surface area contributed by atoms with Crippen LogP contribution in [-0.4, -0.2) is 47.5 Å². The molecule has 2 aliphatic rings. The average molecular weight is 442 g/mol. The first-order chi connectivity index (χ1) is 15.2. The van der Waals surface area contributed by atoms with Crippen LogP contribution < -0.4 is 5.32 Å². The Kier molecular flexibility index (Phi) is 5.88. The lowest BCUT2D eigenvalue weighted by Crippen LogP contribution is -2.41. The highest BCUT2D eigenvalue weighted by atomic mass is 16.6. The number of aromatic nitrogens is 1. The Morgan fingerprint density at radius 3 is 2.66 bits per heavy atom. The van der Waals surface area contributed by atoms with E-state index in [1.165, 1.54) is 0 Å². The normalized spacial score (nSPS) is 24.4. The fourth-order valence-electron chi connectivity index (χ4n) is 4.78. The van der Waals surface area contributed by atoms with Crippen molar-refractivity contribution >= 4 is 12.2 Å². The summed E-state index contributed by atoms with van der Waals surface area (Å²) in [6, 6.07) is 11.5. The van der Waals surface area contributed by atoms with Crippen molar-refractivity contribution in [2.75, 3.05) is 19.6 Å². The van der Waals surface area contributed by atoms with Gasteiger partial charge < -0.3 is 24.2 Å². The number of ether oxygens (including phenoxy) is 2. The molecule has 1 aliphatic carbocycles. The molecule has 0 bridgehead atoms. The molecule has 1 saturated heterocycles. The SMILES string of the molecule is Cc1cc(C2(CNC(=O)OCc3ccccc3)C3CCN(C(=O)OC(C)(C)C)CC32)no1. The maximum Gasteiger partial charge on any atom is 0.410 e. The third kappa shape index (κ3) is 4.59. The molecule has 0 radical (unpaired) electrons. The van der Waals surface area contributed by atoms with E-state index < -0.39 is 11.7 Å². The molecule has 1 aliphatic heterocycles. The van der Waals surface area contributed by atoms with Gasteiger partial charge in [-0.3, -0.25) is 0 Å². The van der Waals surface area contributed by atoms with E-state index in [0.717, 1.165) is 23.4 Å². The molecule has 4 rings (SSSR count). The fraction of sp³-hybridized carbons (Fsp3) is 0.542. The number of rotatable bonds is 5. The van der Waals surface area contributed by atoms with Crippen molar-refractivity contribution in [3.63, 3.8) is 0 Å². The van der Waals surface area contributed by atoms with Crippen LogP contribution in [0.1, 0.15) is 44.2 Å². The number of carbonyl (C=O) groups is 2. The fourth-order valence-corrected chi connectivity index (χ4v) is 4.78. The second-order valence-electron chi connectivity index (χ2n) is 9.71. The number of amides is 2. The lowest BCUT2D eigenvalue weighted by Gasteiger charge is -2.29. The van der Waals surface area contributed by atoms with Gasteiger partial charge in [0.25, 0.3) is 0 Å². The number of fused-ring (bicyclic) bond motifs is 1. The van der Waals surface area contributed by atoms with Gasteiger partial charge in [-0.15, -0.1) is 0 Å². The lowest BCUT2D eigenvalue weighted by molar-refractivity contribution is 0.0206. The number of nitrogens with zero attached hydrogens (tertiary/aromatic N) is 2. The Labute approximate surface area is 188 Å². The van der Waals surface area contributed by atoms with Gasteiger partial charge in [0.1, 0.15) is 18.0 Å². The lowest BCUT2D eigenvalue weighted by atomic mass is 9.96. The molecule has 1 aromatic carbocycles. The molecular weight excluding hydrogens is 410 g/mol. The molecule has 1 N–H and O–H groups in total. The predicted octanol–water partition coefficient (Wildman–Crippen LogP) is 4.03. The first-order valence-electron chi connectivity index (χ1n) is 11.1. The van der Waals surface area contributed by atoms with Crippen molar-refractivity contribution in [2.24, 2.45) is 11.8 Å². The summed E-state index contributed by atoms with van der Waals surface area (Å²) in [5.74, 6) is 1.20. The smallest absolute Gasteiger partial charge is 0.410 e. The topological polar surface area (TPSA) is 93.9 Å². The number of benzene rings is 1. The van der Waals surface area contributed by atoms with Crippen molar-refractivity contribution < 1.29 is 23.6 Å². The minimum Gasteiger partial charge on any atom is -0.445 e. The van der Waals surface area contributed by atoms with E-state index in [2.05, 4.69) is 10.5 Å². The van der Waals surface area contributed by atoms with Crippen molar-refractivity contribution in [2.45, 2.75) is 51.7 Å². The van der Waals surface area contributed by atoms with Gasteiger partial charge >= 0.3 is 12.2 Å². The van der Waals surface area contributed by atoms with Gasteiger partial charge in [0.2, 0.25) is 0 Å². The first kappa shape index (κ1) is 22.2. The standard InChI is InChI=1S/C24H31N3O5/c1-16-12-20(26-32-16)24(15-25-21(28)30-14-17-8-6-5-7-9-17)18-10-11-27(13-19(18)24)22(29)31-23(2,3)4/h5-9,12,18-19H,10-11,13-15H2,1-4H3,(H,25,28). The average Bonchev–Trinajstić information content (AvgIpc) is 3.19. The second kappa shape index (κ2) is 8.48. The van der Waals surface area contributed by atoms with Gasteiger partial charge in [-0.1, -0.05) is 35.5 Å². The van der Waals surface area contributed by atoms with E-state index >= 15 is 0 Å². The summed E-state index contributed by atoms with van der Waals surface area (Å²) in [6.45, 7) is 9.21. The van der Waals surface area contributed by atoms with Crippen LogP contribution in [0.2, 0.25) is 0 Å². The third-order valence-electron chi connectivity index (χ3n) is 6.32. The minimum atomic E-state index is -0.540. The monoisotopic (exact) mass is 441 g/mol. The van der Waals surface area contributed by atoms with Crippen molar-refractivity contribution in [3.05, 3.63) is 53.4 Å². The van der Waals surface area contributed by atoms with Crippen LogP contribution in [0.25, 0.3) is 0 Å². The zero-order valence-electron chi connectivity index (χ0n) is 19.1. The molecule has 8 heteroatoms. The van der Waals surface area contributed by atoms with Crippen LogP contribution in [0.15, 0.2) is 40.9 Å². The molecule has 2 heterocycles. The number of hydrogen-bond donors (Lipinski definition) is 1. The number of piperidine rings is 1. The molecule has 1 aromatic heterocycles. The molecule has 2 fully saturated rings. The van der Waals surface area contributed by atoms with E-state index in [1.807, 2.05) is 64.1 Å². The quantitative estimate of drug-likeness (QED) is 0.753. The van der Waals surface area contributed by atoms with Gasteiger partial charge in [-0.2, -0.15) is 0 Å². The molecule has 32 heavy (non-hydrogen) atoms. The van der Waals surface area contributed by atoms with Crippen LogP contribution in [0.5, 0.6) is 0 Å². The van der Waals surface area contributed by atoms with Crippen molar-refractivity contribution in [1.29, 1.82) is 0 Å². The molecule has 2 aromatic rings. The van der Waals surface area contributed by atoms with Crippen molar-refractivity contribution in [1.82, 2.24) is 15.4 Å². The van der Waals surface area contributed by atoms with E-state index in [0.29, 0.717) is 25.6 Å². The Hall–Kier alpha value is -3.03. The minimum absolute atomic E-state index is 0.169. The highest BCUT2D eigenvalue weighted by molar-refractivity contribution is 5.69. The second-order valence-corrected chi connectivity index (χ2v) is 9.71. The number of nitrogens with one attached hydrogen (secondary N) is 1. The van der Waals surface area contributed by atoms with Crippen LogP contribution >= 0.6 is 0 Å². The molecular formula is C24H31N3O5. The molecule has 2 amide bonds. The van der Waals surface area contributed by atoms with Crippen LogP contribution in [0.3, 0.4) is 0 Å². The van der Waals surface area contributed by atoms with Gasteiger partial charge in [0, 0.05) is 31.1 Å². The predicted molar refractivity (Wildman–Crippen MR) is 117 cm³/mol. The number of hydrogen-bond acceptors (Lipinski definition) is 6. The Morgan fingerprint density at radius 1 is 1.25 bits per heavy atom. The zero-order chi connectivity index (χ0) is 22.9. The number of likely N-dealkylation sites (tertiary alicyclic amines) is 1. The third-order valence-corrected chi connectivity index (χ3v) is 6.32. The number of alkyl carbamates (subject to hydrolysis) is 1. The maximum atomic E-state index is 12.6. The maximum absolute atomic E-state index is 12.6. The summed E-state index contributed by atoms with van der Waals surface area (Å²) >= 11 is 0. The van der Waals surface area contributed by atoms with E-state index in [4.69, 9.17) is 14.0 Å². The van der Waals surface area contributed by atoms with Gasteiger partial charge in [-0.25, -0.2) is 9.59 Å². The largest absolute Gasteiger partial charge is 0.445 e. The van der Waals surface area contributed by atoms with Crippen LogP contribution in [0.4, 0.5) is 9.59 Å². The highest BCUT2D eigenvalue weighted by Gasteiger charge is 2.68. The number of carbonyl (C=O) groups excluding carboxylic acids is 2. The van der Waals surface area contributed by atoms with E-state index in [9.17, 15) is 9.59 Å². The molecule has 3 unspecified atom stereocenters. The molecule has 172 valence electrons. The van der Waals surface area contributed by atoms with E-state index in [1.54, 1.807) is 4.90 Å². The summed E-state index contributed by atoms with van der Waals surface area (Å²) in [5.41, 5.74) is 0.833. The van der Waals surface area contributed by atoms with Crippen LogP contribution in [-0.2, 0) is 21.5 Å². The molecule has 0 spiro atoms. The Balaban J connectivity index is 1.42. The van der Waals surface area contributed by atoms with Crippen molar-refractivity contribution in [3.8, 4) is 0 Å². The summed E-state index contributed by atoms with van der Waals surface area (Å²) in [4.78, 5) is 26.8. The van der Waals surface area contributed by atoms with Gasteiger partial charge in [-0.05, 0) is 51.5 Å². The van der Waals surface area contributed by atoms with Gasteiger partial charge in [0.15, 0.2) is 0 Å². The molecule has 3 atom stereocenters. The van der Waals surface area contributed by atoms with Gasteiger partial charge in [0.05, 0.1) is 5.69 Å². The summed E-state index contributed by atoms with van der Waals surface area (Å²) in [5, 5.41) is 7.20. The summed E-state index contributed by atoms with van der Waals surface area (Å²) in [7, 11) is 0. The summed E-state index contributed by atoms with van der Waals surface area (Å²) < 4.78 is 16.3. The van der Waals surface area contributed by atoms with E-state index in [-0.39, 0.29) is 24.0 Å². The zero-order valence-corrected chi connectivity index (χ0v) is 19.1. The summed E-state index contributed by atoms with van der Waals surface area (Å²) in [6.07, 6.45) is 0.0423. The Bertz CT molecular complexity index is 968. The van der Waals surface area contributed by atoms with Crippen LogP contribution in [0, 0.1) is 18.8 Å². The molecule has 8 nitrogen and oxygen atoms in total. The molecule has 1 saturated carbocycles. The Morgan fingerprint density at radius 2 is 2.00 bits per heavy atom. The number of aryl methyl sites for hydroxylation is 1. The first-order valence-corrected chi connectivity index (χ1v) is 11.1.